The monoisotopic (exact) mass is 458 g/mol. The van der Waals surface area contributed by atoms with E-state index >= 15 is 0 Å². The SMILES string of the molecule is Cc1nn(-c2ccccc2)cc1CN1CCN(c2cnccn2)CC1c1ccc(CCl)cc1. The Morgan fingerprint density at radius 3 is 2.55 bits per heavy atom. The van der Waals surface area contributed by atoms with Crippen LogP contribution in [0.5, 0.6) is 0 Å². The molecule has 33 heavy (non-hydrogen) atoms. The molecular weight excluding hydrogens is 432 g/mol. The second-order valence-electron chi connectivity index (χ2n) is 8.39. The van der Waals surface area contributed by atoms with E-state index in [-0.39, 0.29) is 6.04 Å². The summed E-state index contributed by atoms with van der Waals surface area (Å²) in [6, 6.07) is 19.2. The molecule has 6 nitrogen and oxygen atoms in total. The number of nitrogens with zero attached hydrogens (tertiary/aromatic N) is 6. The van der Waals surface area contributed by atoms with Gasteiger partial charge in [0.2, 0.25) is 0 Å². The van der Waals surface area contributed by atoms with E-state index in [2.05, 4.69) is 69.3 Å². The highest BCUT2D eigenvalue weighted by Gasteiger charge is 2.30. The molecule has 0 bridgehead atoms. The first kappa shape index (κ1) is 21.6. The van der Waals surface area contributed by atoms with E-state index in [0.29, 0.717) is 5.88 Å². The lowest BCUT2D eigenvalue weighted by atomic mass is 10.00. The number of aromatic nitrogens is 4. The van der Waals surface area contributed by atoms with Crippen LogP contribution in [0.3, 0.4) is 0 Å². The van der Waals surface area contributed by atoms with Gasteiger partial charge in [0, 0.05) is 56.2 Å². The lowest BCUT2D eigenvalue weighted by molar-refractivity contribution is 0.168. The van der Waals surface area contributed by atoms with Crippen molar-refractivity contribution in [2.75, 3.05) is 24.5 Å². The van der Waals surface area contributed by atoms with Gasteiger partial charge in [-0.05, 0) is 30.2 Å². The van der Waals surface area contributed by atoms with Gasteiger partial charge in [-0.2, -0.15) is 5.10 Å². The maximum Gasteiger partial charge on any atom is 0.147 e. The molecule has 0 saturated carbocycles. The molecule has 2 aromatic heterocycles. The van der Waals surface area contributed by atoms with Crippen molar-refractivity contribution in [3.8, 4) is 5.69 Å². The van der Waals surface area contributed by atoms with Crippen molar-refractivity contribution in [3.05, 3.63) is 102 Å². The first-order valence-corrected chi connectivity index (χ1v) is 11.7. The van der Waals surface area contributed by atoms with Crippen molar-refractivity contribution in [1.29, 1.82) is 0 Å². The van der Waals surface area contributed by atoms with Gasteiger partial charge in [-0.15, -0.1) is 11.6 Å². The summed E-state index contributed by atoms with van der Waals surface area (Å²) in [7, 11) is 0. The summed E-state index contributed by atoms with van der Waals surface area (Å²) >= 11 is 6.03. The summed E-state index contributed by atoms with van der Waals surface area (Å²) in [4.78, 5) is 13.7. The van der Waals surface area contributed by atoms with Gasteiger partial charge in [0.05, 0.1) is 23.6 Å². The topological polar surface area (TPSA) is 50.1 Å². The van der Waals surface area contributed by atoms with E-state index in [4.69, 9.17) is 16.7 Å². The van der Waals surface area contributed by atoms with Gasteiger partial charge in [0.1, 0.15) is 5.82 Å². The zero-order valence-corrected chi connectivity index (χ0v) is 19.4. The number of benzene rings is 2. The average Bonchev–Trinajstić information content (AvgIpc) is 3.25. The number of aryl methyl sites for hydroxylation is 1. The number of piperazine rings is 1. The third-order valence-electron chi connectivity index (χ3n) is 6.28. The molecule has 168 valence electrons. The van der Waals surface area contributed by atoms with E-state index in [9.17, 15) is 0 Å². The first-order chi connectivity index (χ1) is 16.2. The molecule has 1 saturated heterocycles. The lowest BCUT2D eigenvalue weighted by Gasteiger charge is -2.42. The van der Waals surface area contributed by atoms with Crippen LogP contribution in [0.15, 0.2) is 79.4 Å². The Morgan fingerprint density at radius 2 is 1.82 bits per heavy atom. The van der Waals surface area contributed by atoms with Gasteiger partial charge in [0.15, 0.2) is 0 Å². The first-order valence-electron chi connectivity index (χ1n) is 11.2. The minimum absolute atomic E-state index is 0.226. The van der Waals surface area contributed by atoms with E-state index in [1.807, 2.05) is 29.1 Å². The highest BCUT2D eigenvalue weighted by atomic mass is 35.5. The molecule has 7 heteroatoms. The van der Waals surface area contributed by atoms with Gasteiger partial charge in [0.25, 0.3) is 0 Å². The normalized spacial score (nSPS) is 16.8. The summed E-state index contributed by atoms with van der Waals surface area (Å²) in [6.07, 6.45) is 7.48. The van der Waals surface area contributed by atoms with Crippen molar-refractivity contribution in [2.24, 2.45) is 0 Å². The number of hydrogen-bond acceptors (Lipinski definition) is 5. The molecule has 0 aliphatic carbocycles. The van der Waals surface area contributed by atoms with E-state index in [1.165, 1.54) is 11.1 Å². The molecule has 3 heterocycles. The molecule has 0 N–H and O–H groups in total. The van der Waals surface area contributed by atoms with Crippen molar-refractivity contribution < 1.29 is 0 Å². The molecule has 2 aromatic carbocycles. The zero-order chi connectivity index (χ0) is 22.6. The number of halogens is 1. The fraction of sp³-hybridized carbons (Fsp3) is 0.269. The summed E-state index contributed by atoms with van der Waals surface area (Å²) in [5, 5.41) is 4.78. The summed E-state index contributed by atoms with van der Waals surface area (Å²) in [6.45, 7) is 5.61. The quantitative estimate of drug-likeness (QED) is 0.389. The smallest absolute Gasteiger partial charge is 0.147 e. The summed E-state index contributed by atoms with van der Waals surface area (Å²) < 4.78 is 1.98. The van der Waals surface area contributed by atoms with Crippen LogP contribution in [-0.4, -0.2) is 44.3 Å². The maximum absolute atomic E-state index is 6.03. The number of rotatable bonds is 6. The number of alkyl halides is 1. The Kier molecular flexibility index (Phi) is 6.37. The third kappa shape index (κ3) is 4.77. The molecule has 1 aliphatic heterocycles. The van der Waals surface area contributed by atoms with Crippen molar-refractivity contribution >= 4 is 17.4 Å². The van der Waals surface area contributed by atoms with Crippen LogP contribution in [0.1, 0.15) is 28.4 Å². The van der Waals surface area contributed by atoms with Crippen molar-refractivity contribution in [3.63, 3.8) is 0 Å². The molecule has 1 atom stereocenters. The Hall–Kier alpha value is -3.22. The third-order valence-corrected chi connectivity index (χ3v) is 6.59. The van der Waals surface area contributed by atoms with Gasteiger partial charge in [-0.1, -0.05) is 42.5 Å². The highest BCUT2D eigenvalue weighted by molar-refractivity contribution is 6.17. The minimum Gasteiger partial charge on any atom is -0.352 e. The second-order valence-corrected chi connectivity index (χ2v) is 8.66. The summed E-state index contributed by atoms with van der Waals surface area (Å²) in [5.41, 5.74) is 5.80. The molecular formula is C26H27ClN6. The molecule has 1 unspecified atom stereocenters. The Bertz CT molecular complexity index is 1180. The van der Waals surface area contributed by atoms with E-state index < -0.39 is 0 Å². The molecule has 5 rings (SSSR count). The fourth-order valence-electron chi connectivity index (χ4n) is 4.40. The van der Waals surface area contributed by atoms with Gasteiger partial charge < -0.3 is 4.90 Å². The van der Waals surface area contributed by atoms with Crippen molar-refractivity contribution in [1.82, 2.24) is 24.6 Å². The maximum atomic E-state index is 6.03. The standard InChI is InChI=1S/C26H27ClN6/c1-20-23(18-33(30-20)24-5-3-2-4-6-24)17-31-13-14-32(26-16-28-11-12-29-26)19-25(31)22-9-7-21(15-27)8-10-22/h2-12,16,18,25H,13-15,17,19H2,1H3. The predicted octanol–water partition coefficient (Wildman–Crippen LogP) is 4.77. The van der Waals surface area contributed by atoms with E-state index in [0.717, 1.165) is 48.9 Å². The van der Waals surface area contributed by atoms with Crippen LogP contribution in [0.4, 0.5) is 5.82 Å². The molecule has 1 fully saturated rings. The van der Waals surface area contributed by atoms with Crippen LogP contribution >= 0.6 is 11.6 Å². The van der Waals surface area contributed by atoms with Crippen molar-refractivity contribution in [2.45, 2.75) is 25.4 Å². The minimum atomic E-state index is 0.226. The predicted molar refractivity (Wildman–Crippen MR) is 132 cm³/mol. The van der Waals surface area contributed by atoms with Gasteiger partial charge in [-0.25, -0.2) is 9.67 Å². The molecule has 0 amide bonds. The molecule has 1 aliphatic rings. The fourth-order valence-corrected chi connectivity index (χ4v) is 4.58. The van der Waals surface area contributed by atoms with Crippen LogP contribution in [-0.2, 0) is 12.4 Å². The van der Waals surface area contributed by atoms with Crippen LogP contribution < -0.4 is 4.90 Å². The number of para-hydroxylation sites is 1. The van der Waals surface area contributed by atoms with Crippen LogP contribution in [0.25, 0.3) is 5.69 Å². The van der Waals surface area contributed by atoms with Gasteiger partial charge in [-0.3, -0.25) is 9.88 Å². The van der Waals surface area contributed by atoms with Gasteiger partial charge >= 0.3 is 0 Å². The number of anilines is 1. The Labute approximate surface area is 199 Å². The summed E-state index contributed by atoms with van der Waals surface area (Å²) in [5.74, 6) is 1.45. The van der Waals surface area contributed by atoms with Crippen LogP contribution in [0.2, 0.25) is 0 Å². The Morgan fingerprint density at radius 1 is 1.00 bits per heavy atom. The molecule has 4 aromatic rings. The Balaban J connectivity index is 1.42. The van der Waals surface area contributed by atoms with E-state index in [1.54, 1.807) is 12.4 Å². The highest BCUT2D eigenvalue weighted by Crippen LogP contribution is 2.30. The van der Waals surface area contributed by atoms with Crippen LogP contribution in [0, 0.1) is 6.92 Å². The average molecular weight is 459 g/mol. The number of hydrogen-bond donors (Lipinski definition) is 0. The lowest BCUT2D eigenvalue weighted by Crippen LogP contribution is -2.48. The zero-order valence-electron chi connectivity index (χ0n) is 18.7. The molecule has 0 radical (unpaired) electrons. The largest absolute Gasteiger partial charge is 0.352 e. The molecule has 0 spiro atoms. The second kappa shape index (κ2) is 9.73.